The molecule has 17 heavy (non-hydrogen) atoms. The summed E-state index contributed by atoms with van der Waals surface area (Å²) in [5.41, 5.74) is 0.860. The van der Waals surface area contributed by atoms with Crippen LogP contribution in [0.4, 0.5) is 0 Å². The van der Waals surface area contributed by atoms with Crippen molar-refractivity contribution in [2.75, 3.05) is 19.6 Å². The van der Waals surface area contributed by atoms with E-state index in [4.69, 9.17) is 0 Å². The Balaban J connectivity index is 1.83. The van der Waals surface area contributed by atoms with E-state index in [1.165, 1.54) is 58.2 Å². The van der Waals surface area contributed by atoms with Gasteiger partial charge in [-0.3, -0.25) is 0 Å². The first-order valence-corrected chi connectivity index (χ1v) is 7.48. The van der Waals surface area contributed by atoms with Crippen LogP contribution in [0.1, 0.15) is 59.3 Å². The second-order valence-electron chi connectivity index (χ2n) is 7.15. The fourth-order valence-corrected chi connectivity index (χ4v) is 3.44. The minimum absolute atomic E-state index is 0.430. The molecule has 0 spiro atoms. The third kappa shape index (κ3) is 3.45. The normalized spacial score (nSPS) is 29.5. The summed E-state index contributed by atoms with van der Waals surface area (Å²) in [6.07, 6.45) is 8.31. The third-order valence-corrected chi connectivity index (χ3v) is 5.08. The maximum Gasteiger partial charge on any atom is 0.0153 e. The van der Waals surface area contributed by atoms with Crippen LogP contribution < -0.4 is 10.6 Å². The lowest BCUT2D eigenvalue weighted by atomic mass is 9.74. The summed E-state index contributed by atoms with van der Waals surface area (Å²) >= 11 is 0. The summed E-state index contributed by atoms with van der Waals surface area (Å²) in [5.74, 6) is 0.841. The molecule has 2 heteroatoms. The van der Waals surface area contributed by atoms with E-state index in [1.807, 2.05) is 0 Å². The molecule has 1 unspecified atom stereocenters. The number of rotatable bonds is 4. The molecule has 0 bridgehead atoms. The highest BCUT2D eigenvalue weighted by Crippen LogP contribution is 2.34. The van der Waals surface area contributed by atoms with Gasteiger partial charge >= 0.3 is 0 Å². The quantitative estimate of drug-likeness (QED) is 0.787. The average Bonchev–Trinajstić information content (AvgIpc) is 2.76. The van der Waals surface area contributed by atoms with Gasteiger partial charge in [0.15, 0.2) is 0 Å². The lowest BCUT2D eigenvalue weighted by molar-refractivity contribution is 0.150. The van der Waals surface area contributed by atoms with Gasteiger partial charge in [-0.25, -0.2) is 0 Å². The molecule has 0 aromatic carbocycles. The van der Waals surface area contributed by atoms with Gasteiger partial charge in [0.2, 0.25) is 0 Å². The van der Waals surface area contributed by atoms with Gasteiger partial charge < -0.3 is 10.6 Å². The number of hydrogen-bond acceptors (Lipinski definition) is 2. The fourth-order valence-electron chi connectivity index (χ4n) is 3.44. The van der Waals surface area contributed by atoms with Crippen LogP contribution in [0.5, 0.6) is 0 Å². The van der Waals surface area contributed by atoms with Crippen molar-refractivity contribution in [2.45, 2.75) is 64.8 Å². The van der Waals surface area contributed by atoms with Crippen molar-refractivity contribution in [1.82, 2.24) is 10.6 Å². The van der Waals surface area contributed by atoms with Gasteiger partial charge in [-0.2, -0.15) is 0 Å². The Hall–Kier alpha value is -0.0800. The largest absolute Gasteiger partial charge is 0.316 e. The predicted molar refractivity (Wildman–Crippen MR) is 74.3 cm³/mol. The van der Waals surface area contributed by atoms with Crippen LogP contribution in [-0.2, 0) is 0 Å². The molecule has 1 saturated carbocycles. The topological polar surface area (TPSA) is 24.1 Å². The zero-order valence-corrected chi connectivity index (χ0v) is 11.9. The first kappa shape index (κ1) is 13.4. The zero-order valence-electron chi connectivity index (χ0n) is 11.9. The Morgan fingerprint density at radius 2 is 1.94 bits per heavy atom. The monoisotopic (exact) mass is 238 g/mol. The molecule has 2 aliphatic rings. The van der Waals surface area contributed by atoms with Gasteiger partial charge in [-0.05, 0) is 57.0 Å². The molecular weight excluding hydrogens is 208 g/mol. The Morgan fingerprint density at radius 3 is 2.53 bits per heavy atom. The standard InChI is InChI=1S/C15H30N2/c1-14(2,13-7-6-10-16-11-13)12-17-15(3)8-4-5-9-15/h13,16-17H,4-12H2,1-3H3. The van der Waals surface area contributed by atoms with Crippen molar-refractivity contribution in [2.24, 2.45) is 11.3 Å². The molecular formula is C15H30N2. The molecule has 0 aromatic rings. The number of hydrogen-bond donors (Lipinski definition) is 2. The summed E-state index contributed by atoms with van der Waals surface area (Å²) in [5, 5.41) is 7.42. The third-order valence-electron chi connectivity index (χ3n) is 5.08. The summed E-state index contributed by atoms with van der Waals surface area (Å²) < 4.78 is 0. The van der Waals surface area contributed by atoms with Crippen LogP contribution in [0.2, 0.25) is 0 Å². The van der Waals surface area contributed by atoms with E-state index < -0.39 is 0 Å². The molecule has 2 N–H and O–H groups in total. The molecule has 1 heterocycles. The molecule has 100 valence electrons. The van der Waals surface area contributed by atoms with Crippen molar-refractivity contribution in [3.63, 3.8) is 0 Å². The number of nitrogens with one attached hydrogen (secondary N) is 2. The molecule has 1 atom stereocenters. The van der Waals surface area contributed by atoms with Gasteiger partial charge in [-0.1, -0.05) is 26.7 Å². The van der Waals surface area contributed by atoms with Crippen LogP contribution in [0, 0.1) is 11.3 Å². The summed E-state index contributed by atoms with van der Waals surface area (Å²) in [7, 11) is 0. The second kappa shape index (κ2) is 5.27. The zero-order chi connectivity index (χ0) is 12.4. The van der Waals surface area contributed by atoms with Gasteiger partial charge in [0.05, 0.1) is 0 Å². The lowest BCUT2D eigenvalue weighted by Gasteiger charge is -2.40. The van der Waals surface area contributed by atoms with E-state index in [0.29, 0.717) is 11.0 Å². The SMILES string of the molecule is CC1(NCC(C)(C)C2CCCNC2)CCCC1. The Kier molecular flexibility index (Phi) is 4.14. The Bertz CT molecular complexity index is 235. The van der Waals surface area contributed by atoms with Gasteiger partial charge in [0.1, 0.15) is 0 Å². The van der Waals surface area contributed by atoms with Crippen LogP contribution in [-0.4, -0.2) is 25.2 Å². The van der Waals surface area contributed by atoms with Crippen LogP contribution in [0.25, 0.3) is 0 Å². The van der Waals surface area contributed by atoms with Crippen molar-refractivity contribution in [1.29, 1.82) is 0 Å². The van der Waals surface area contributed by atoms with E-state index in [-0.39, 0.29) is 0 Å². The van der Waals surface area contributed by atoms with Crippen LogP contribution in [0.15, 0.2) is 0 Å². The van der Waals surface area contributed by atoms with Crippen molar-refractivity contribution in [3.05, 3.63) is 0 Å². The smallest absolute Gasteiger partial charge is 0.0153 e. The molecule has 1 aliphatic carbocycles. The number of piperidine rings is 1. The minimum Gasteiger partial charge on any atom is -0.316 e. The predicted octanol–water partition coefficient (Wildman–Crippen LogP) is 2.93. The van der Waals surface area contributed by atoms with Crippen molar-refractivity contribution < 1.29 is 0 Å². The van der Waals surface area contributed by atoms with E-state index in [0.717, 1.165) is 5.92 Å². The molecule has 2 fully saturated rings. The molecule has 2 rings (SSSR count). The van der Waals surface area contributed by atoms with Gasteiger partial charge in [0.25, 0.3) is 0 Å². The molecule has 0 radical (unpaired) electrons. The van der Waals surface area contributed by atoms with E-state index >= 15 is 0 Å². The van der Waals surface area contributed by atoms with Gasteiger partial charge in [-0.15, -0.1) is 0 Å². The summed E-state index contributed by atoms with van der Waals surface area (Å²) in [6, 6.07) is 0. The molecule has 1 saturated heterocycles. The van der Waals surface area contributed by atoms with Gasteiger partial charge in [0, 0.05) is 12.1 Å². The van der Waals surface area contributed by atoms with E-state index in [1.54, 1.807) is 0 Å². The molecule has 1 aliphatic heterocycles. The fraction of sp³-hybridized carbons (Fsp3) is 1.00. The average molecular weight is 238 g/mol. The molecule has 2 nitrogen and oxygen atoms in total. The maximum atomic E-state index is 3.87. The highest BCUT2D eigenvalue weighted by Gasteiger charge is 2.34. The molecule has 0 aromatic heterocycles. The maximum absolute atomic E-state index is 3.87. The minimum atomic E-state index is 0.430. The molecule has 0 amide bonds. The van der Waals surface area contributed by atoms with Crippen LogP contribution in [0.3, 0.4) is 0 Å². The summed E-state index contributed by atoms with van der Waals surface area (Å²) in [6.45, 7) is 10.9. The highest BCUT2D eigenvalue weighted by molar-refractivity contribution is 4.92. The first-order valence-electron chi connectivity index (χ1n) is 7.48. The summed E-state index contributed by atoms with van der Waals surface area (Å²) in [4.78, 5) is 0. The lowest BCUT2D eigenvalue weighted by Crippen LogP contribution is -2.49. The van der Waals surface area contributed by atoms with E-state index in [9.17, 15) is 0 Å². The highest BCUT2D eigenvalue weighted by atomic mass is 15.0. The van der Waals surface area contributed by atoms with Crippen molar-refractivity contribution >= 4 is 0 Å². The first-order chi connectivity index (χ1) is 8.02. The van der Waals surface area contributed by atoms with Crippen LogP contribution >= 0.6 is 0 Å². The van der Waals surface area contributed by atoms with Crippen molar-refractivity contribution in [3.8, 4) is 0 Å². The Labute approximate surface area is 107 Å². The van der Waals surface area contributed by atoms with E-state index in [2.05, 4.69) is 31.4 Å². The Morgan fingerprint density at radius 1 is 1.24 bits per heavy atom. The second-order valence-corrected chi connectivity index (χ2v) is 7.15.